The molecule has 1 aliphatic heterocycles. The van der Waals surface area contributed by atoms with Crippen LogP contribution in [0.25, 0.3) is 0 Å². The molecule has 2 aromatic carbocycles. The van der Waals surface area contributed by atoms with Crippen LogP contribution in [0.4, 0.5) is 0 Å². The Morgan fingerprint density at radius 1 is 1.19 bits per heavy atom. The van der Waals surface area contributed by atoms with E-state index in [2.05, 4.69) is 0 Å². The third-order valence-electron chi connectivity index (χ3n) is 4.84. The number of benzene rings is 2. The zero-order valence-electron chi connectivity index (χ0n) is 15.4. The lowest BCUT2D eigenvalue weighted by molar-refractivity contribution is -0.134. The van der Waals surface area contributed by atoms with Crippen molar-refractivity contribution in [1.29, 1.82) is 0 Å². The van der Waals surface area contributed by atoms with Crippen molar-refractivity contribution in [3.63, 3.8) is 0 Å². The number of rotatable bonds is 5. The van der Waals surface area contributed by atoms with Gasteiger partial charge in [-0.1, -0.05) is 23.7 Å². The fourth-order valence-electron chi connectivity index (χ4n) is 3.58. The van der Waals surface area contributed by atoms with Crippen LogP contribution in [0.1, 0.15) is 35.6 Å². The number of aryl methyl sites for hydroxylation is 2. The molecule has 0 aliphatic carbocycles. The maximum atomic E-state index is 12.8. The molecule has 4 nitrogen and oxygen atoms in total. The Labute approximate surface area is 159 Å². The number of carbonyl (C=O) groups excluding carboxylic acids is 1. The largest absolute Gasteiger partial charge is 0.497 e. The number of hydrogen-bond donors (Lipinski definition) is 0. The summed E-state index contributed by atoms with van der Waals surface area (Å²) in [4.78, 5) is 14.7. The maximum Gasteiger partial charge on any atom is 0.261 e. The Kier molecular flexibility index (Phi) is 5.72. The first-order valence-electron chi connectivity index (χ1n) is 8.82. The molecule has 138 valence electrons. The van der Waals surface area contributed by atoms with Crippen LogP contribution in [0.5, 0.6) is 11.5 Å². The van der Waals surface area contributed by atoms with Gasteiger partial charge in [0.05, 0.1) is 13.2 Å². The predicted molar refractivity (Wildman–Crippen MR) is 103 cm³/mol. The van der Waals surface area contributed by atoms with Crippen LogP contribution in [0.2, 0.25) is 5.02 Å². The number of nitrogens with zero attached hydrogens (tertiary/aromatic N) is 1. The molecule has 1 amide bonds. The molecule has 3 rings (SSSR count). The van der Waals surface area contributed by atoms with Gasteiger partial charge in [0, 0.05) is 11.6 Å². The summed E-state index contributed by atoms with van der Waals surface area (Å²) in [5.74, 6) is 1.57. The molecule has 0 N–H and O–H groups in total. The Balaban J connectivity index is 1.68. The van der Waals surface area contributed by atoms with Crippen LogP contribution >= 0.6 is 11.6 Å². The summed E-state index contributed by atoms with van der Waals surface area (Å²) in [5.41, 5.74) is 3.02. The number of ether oxygens (including phenoxy) is 2. The van der Waals surface area contributed by atoms with Gasteiger partial charge >= 0.3 is 0 Å². The minimum atomic E-state index is 0.0112. The average Bonchev–Trinajstić information content (AvgIpc) is 3.10. The molecule has 1 saturated heterocycles. The van der Waals surface area contributed by atoms with Crippen LogP contribution in [-0.2, 0) is 4.79 Å². The van der Waals surface area contributed by atoms with Crippen molar-refractivity contribution in [1.82, 2.24) is 4.90 Å². The van der Waals surface area contributed by atoms with E-state index in [-0.39, 0.29) is 18.6 Å². The minimum absolute atomic E-state index is 0.0112. The maximum absolute atomic E-state index is 12.8. The number of hydrogen-bond acceptors (Lipinski definition) is 3. The molecule has 1 unspecified atom stereocenters. The van der Waals surface area contributed by atoms with E-state index < -0.39 is 0 Å². The van der Waals surface area contributed by atoms with Gasteiger partial charge in [-0.3, -0.25) is 4.79 Å². The van der Waals surface area contributed by atoms with Crippen LogP contribution in [0.15, 0.2) is 36.4 Å². The average molecular weight is 374 g/mol. The molecule has 0 saturated carbocycles. The van der Waals surface area contributed by atoms with Crippen molar-refractivity contribution >= 4 is 17.5 Å². The quantitative estimate of drug-likeness (QED) is 0.762. The minimum Gasteiger partial charge on any atom is -0.497 e. The molecular weight excluding hydrogens is 350 g/mol. The fraction of sp³-hybridized carbons (Fsp3) is 0.381. The van der Waals surface area contributed by atoms with Crippen molar-refractivity contribution in [2.45, 2.75) is 32.7 Å². The third-order valence-corrected chi connectivity index (χ3v) is 5.06. The van der Waals surface area contributed by atoms with E-state index in [1.54, 1.807) is 7.11 Å². The monoisotopic (exact) mass is 373 g/mol. The summed E-state index contributed by atoms with van der Waals surface area (Å²) in [7, 11) is 1.65. The van der Waals surface area contributed by atoms with E-state index in [1.807, 2.05) is 55.1 Å². The molecule has 0 spiro atoms. The van der Waals surface area contributed by atoms with E-state index in [9.17, 15) is 4.79 Å². The molecule has 5 heteroatoms. The first-order valence-corrected chi connectivity index (χ1v) is 9.20. The highest BCUT2D eigenvalue weighted by Crippen LogP contribution is 2.33. The second-order valence-electron chi connectivity index (χ2n) is 6.68. The molecule has 0 bridgehead atoms. The summed E-state index contributed by atoms with van der Waals surface area (Å²) in [6, 6.07) is 11.7. The number of amides is 1. The lowest BCUT2D eigenvalue weighted by atomic mass is 10.0. The predicted octanol–water partition coefficient (Wildman–Crippen LogP) is 4.71. The topological polar surface area (TPSA) is 38.8 Å². The van der Waals surface area contributed by atoms with Gasteiger partial charge in [-0.2, -0.15) is 0 Å². The zero-order chi connectivity index (χ0) is 18.7. The smallest absolute Gasteiger partial charge is 0.261 e. The summed E-state index contributed by atoms with van der Waals surface area (Å²) in [6.07, 6.45) is 1.97. The number of halogens is 1. The molecule has 0 radical (unpaired) electrons. The second kappa shape index (κ2) is 8.00. The SMILES string of the molecule is COc1ccc(C2CCCN2C(=O)COc2c(C)cc(Cl)cc2C)cc1. The third kappa shape index (κ3) is 3.96. The van der Waals surface area contributed by atoms with Crippen molar-refractivity contribution in [2.75, 3.05) is 20.3 Å². The molecule has 0 aromatic heterocycles. The van der Waals surface area contributed by atoms with Gasteiger partial charge in [0.15, 0.2) is 6.61 Å². The van der Waals surface area contributed by atoms with E-state index in [0.717, 1.165) is 47.6 Å². The Morgan fingerprint density at radius 2 is 1.85 bits per heavy atom. The normalized spacial score (nSPS) is 16.6. The highest BCUT2D eigenvalue weighted by Gasteiger charge is 2.30. The van der Waals surface area contributed by atoms with Crippen molar-refractivity contribution in [3.05, 3.63) is 58.1 Å². The summed E-state index contributed by atoms with van der Waals surface area (Å²) in [6.45, 7) is 4.68. The first kappa shape index (κ1) is 18.6. The van der Waals surface area contributed by atoms with Crippen molar-refractivity contribution in [2.24, 2.45) is 0 Å². The Morgan fingerprint density at radius 3 is 2.46 bits per heavy atom. The van der Waals surface area contributed by atoms with Gasteiger partial charge in [-0.05, 0) is 67.6 Å². The van der Waals surface area contributed by atoms with E-state index >= 15 is 0 Å². The van der Waals surface area contributed by atoms with Crippen LogP contribution in [-0.4, -0.2) is 31.1 Å². The van der Waals surface area contributed by atoms with Gasteiger partial charge < -0.3 is 14.4 Å². The van der Waals surface area contributed by atoms with Gasteiger partial charge in [-0.25, -0.2) is 0 Å². The van der Waals surface area contributed by atoms with E-state index in [1.165, 1.54) is 0 Å². The number of carbonyl (C=O) groups is 1. The first-order chi connectivity index (χ1) is 12.5. The second-order valence-corrected chi connectivity index (χ2v) is 7.11. The Hall–Kier alpha value is -2.20. The fourth-order valence-corrected chi connectivity index (χ4v) is 3.91. The van der Waals surface area contributed by atoms with Gasteiger partial charge in [0.25, 0.3) is 5.91 Å². The molecule has 26 heavy (non-hydrogen) atoms. The van der Waals surface area contributed by atoms with Crippen molar-refractivity contribution in [3.8, 4) is 11.5 Å². The van der Waals surface area contributed by atoms with Crippen LogP contribution in [0.3, 0.4) is 0 Å². The van der Waals surface area contributed by atoms with E-state index in [4.69, 9.17) is 21.1 Å². The van der Waals surface area contributed by atoms with E-state index in [0.29, 0.717) is 5.02 Å². The summed E-state index contributed by atoms with van der Waals surface area (Å²) >= 11 is 6.06. The number of likely N-dealkylation sites (tertiary alicyclic amines) is 1. The summed E-state index contributed by atoms with van der Waals surface area (Å²) < 4.78 is 11.1. The zero-order valence-corrected chi connectivity index (χ0v) is 16.2. The number of methoxy groups -OCH3 is 1. The van der Waals surface area contributed by atoms with Gasteiger partial charge in [0.1, 0.15) is 11.5 Å². The molecule has 1 heterocycles. The standard InChI is InChI=1S/C21H24ClNO3/c1-14-11-17(22)12-15(2)21(14)26-13-20(24)23-10-4-5-19(23)16-6-8-18(25-3)9-7-16/h6-9,11-12,19H,4-5,10,13H2,1-3H3. The summed E-state index contributed by atoms with van der Waals surface area (Å²) in [5, 5.41) is 0.679. The molecule has 2 aromatic rings. The van der Waals surface area contributed by atoms with Crippen LogP contribution < -0.4 is 9.47 Å². The highest BCUT2D eigenvalue weighted by atomic mass is 35.5. The van der Waals surface area contributed by atoms with Crippen molar-refractivity contribution < 1.29 is 14.3 Å². The van der Waals surface area contributed by atoms with Crippen LogP contribution in [0, 0.1) is 13.8 Å². The lowest BCUT2D eigenvalue weighted by Crippen LogP contribution is -2.34. The molecule has 1 aliphatic rings. The molecule has 1 fully saturated rings. The van der Waals surface area contributed by atoms with Gasteiger partial charge in [0.2, 0.25) is 0 Å². The van der Waals surface area contributed by atoms with Gasteiger partial charge in [-0.15, -0.1) is 0 Å². The Bertz CT molecular complexity index is 765. The molecule has 1 atom stereocenters. The lowest BCUT2D eigenvalue weighted by Gasteiger charge is -2.25. The molecular formula is C21H24ClNO3. The highest BCUT2D eigenvalue weighted by molar-refractivity contribution is 6.30.